The SMILES string of the molecule is Cc1c(Cl)cccc1Nc1cc(C#N)[nH]c(=O)n1. The normalized spacial score (nSPS) is 9.83. The van der Waals surface area contributed by atoms with Crippen LogP contribution < -0.4 is 11.0 Å². The van der Waals surface area contributed by atoms with Crippen LogP contribution in [0.25, 0.3) is 0 Å². The summed E-state index contributed by atoms with van der Waals surface area (Å²) in [6, 6.07) is 8.69. The molecule has 0 aliphatic rings. The van der Waals surface area contributed by atoms with E-state index in [9.17, 15) is 4.79 Å². The quantitative estimate of drug-likeness (QED) is 0.868. The van der Waals surface area contributed by atoms with Crippen molar-refractivity contribution in [2.75, 3.05) is 5.32 Å². The molecule has 90 valence electrons. The summed E-state index contributed by atoms with van der Waals surface area (Å²) in [6.07, 6.45) is 0. The summed E-state index contributed by atoms with van der Waals surface area (Å²) in [5.74, 6) is 0.306. The van der Waals surface area contributed by atoms with E-state index in [1.807, 2.05) is 19.1 Å². The first-order chi connectivity index (χ1) is 8.60. The lowest BCUT2D eigenvalue weighted by atomic mass is 10.2. The molecule has 0 aliphatic heterocycles. The van der Waals surface area contributed by atoms with E-state index in [1.54, 1.807) is 12.1 Å². The lowest BCUT2D eigenvalue weighted by Crippen LogP contribution is -2.13. The third-order valence-electron chi connectivity index (χ3n) is 2.40. The van der Waals surface area contributed by atoms with Gasteiger partial charge in [0.1, 0.15) is 17.6 Å². The maximum Gasteiger partial charge on any atom is 0.347 e. The first kappa shape index (κ1) is 12.1. The van der Waals surface area contributed by atoms with Gasteiger partial charge in [-0.05, 0) is 24.6 Å². The molecule has 6 heteroatoms. The fraction of sp³-hybridized carbons (Fsp3) is 0.0833. The zero-order valence-corrected chi connectivity index (χ0v) is 10.2. The van der Waals surface area contributed by atoms with Gasteiger partial charge >= 0.3 is 5.69 Å². The van der Waals surface area contributed by atoms with Crippen molar-refractivity contribution >= 4 is 23.1 Å². The highest BCUT2D eigenvalue weighted by Crippen LogP contribution is 2.25. The molecule has 1 heterocycles. The van der Waals surface area contributed by atoms with E-state index in [-0.39, 0.29) is 5.69 Å². The molecule has 1 aromatic heterocycles. The number of benzene rings is 1. The number of nitrogens with one attached hydrogen (secondary N) is 2. The van der Waals surface area contributed by atoms with Gasteiger partial charge < -0.3 is 5.32 Å². The Morgan fingerprint density at radius 3 is 3.00 bits per heavy atom. The van der Waals surface area contributed by atoms with Crippen LogP contribution in [0.5, 0.6) is 0 Å². The minimum atomic E-state index is -0.573. The molecule has 0 atom stereocenters. The topological polar surface area (TPSA) is 81.6 Å². The zero-order chi connectivity index (χ0) is 13.1. The van der Waals surface area contributed by atoms with Crippen LogP contribution in [0.3, 0.4) is 0 Å². The predicted octanol–water partition coefficient (Wildman–Crippen LogP) is 2.35. The van der Waals surface area contributed by atoms with Gasteiger partial charge in [-0.1, -0.05) is 17.7 Å². The van der Waals surface area contributed by atoms with Crippen LogP contribution in [0, 0.1) is 18.3 Å². The lowest BCUT2D eigenvalue weighted by Gasteiger charge is -2.09. The number of hydrogen-bond acceptors (Lipinski definition) is 4. The average Bonchev–Trinajstić information content (AvgIpc) is 2.34. The minimum Gasteiger partial charge on any atom is -0.340 e. The van der Waals surface area contributed by atoms with E-state index >= 15 is 0 Å². The van der Waals surface area contributed by atoms with Crippen LogP contribution >= 0.6 is 11.6 Å². The van der Waals surface area contributed by atoms with Crippen LogP contribution in [0.1, 0.15) is 11.3 Å². The molecule has 1 aromatic carbocycles. The number of H-pyrrole nitrogens is 1. The number of rotatable bonds is 2. The molecular weight excluding hydrogens is 252 g/mol. The summed E-state index contributed by atoms with van der Waals surface area (Å²) in [7, 11) is 0. The fourth-order valence-corrected chi connectivity index (χ4v) is 1.64. The molecule has 0 bridgehead atoms. The highest BCUT2D eigenvalue weighted by atomic mass is 35.5. The van der Waals surface area contributed by atoms with Crippen molar-refractivity contribution in [3.8, 4) is 6.07 Å². The van der Waals surface area contributed by atoms with E-state index in [2.05, 4.69) is 15.3 Å². The van der Waals surface area contributed by atoms with Crippen molar-refractivity contribution in [1.82, 2.24) is 9.97 Å². The van der Waals surface area contributed by atoms with Gasteiger partial charge in [-0.15, -0.1) is 0 Å². The Labute approximate surface area is 108 Å². The summed E-state index contributed by atoms with van der Waals surface area (Å²) in [5.41, 5.74) is 1.16. The summed E-state index contributed by atoms with van der Waals surface area (Å²) in [4.78, 5) is 17.3. The summed E-state index contributed by atoms with van der Waals surface area (Å²) in [5, 5.41) is 12.3. The smallest absolute Gasteiger partial charge is 0.340 e. The molecule has 0 spiro atoms. The number of anilines is 2. The Kier molecular flexibility index (Phi) is 3.31. The Morgan fingerprint density at radius 2 is 2.28 bits per heavy atom. The first-order valence-corrected chi connectivity index (χ1v) is 5.51. The average molecular weight is 261 g/mol. The second kappa shape index (κ2) is 4.90. The molecule has 0 unspecified atom stereocenters. The van der Waals surface area contributed by atoms with Crippen LogP contribution in [0.15, 0.2) is 29.1 Å². The Bertz CT molecular complexity index is 687. The number of hydrogen-bond donors (Lipinski definition) is 2. The molecule has 0 aliphatic carbocycles. The zero-order valence-electron chi connectivity index (χ0n) is 9.49. The number of aromatic nitrogens is 2. The molecular formula is C12H9ClN4O. The van der Waals surface area contributed by atoms with Crippen molar-refractivity contribution in [3.05, 3.63) is 51.0 Å². The third kappa shape index (κ3) is 2.50. The van der Waals surface area contributed by atoms with Gasteiger partial charge in [0, 0.05) is 16.8 Å². The number of aromatic amines is 1. The maximum absolute atomic E-state index is 11.2. The van der Waals surface area contributed by atoms with E-state index in [0.717, 1.165) is 11.3 Å². The molecule has 0 amide bonds. The lowest BCUT2D eigenvalue weighted by molar-refractivity contribution is 1.06. The molecule has 0 saturated carbocycles. The Morgan fingerprint density at radius 1 is 1.50 bits per heavy atom. The largest absolute Gasteiger partial charge is 0.347 e. The van der Waals surface area contributed by atoms with Crippen molar-refractivity contribution in [2.45, 2.75) is 6.92 Å². The van der Waals surface area contributed by atoms with Gasteiger partial charge in [-0.3, -0.25) is 4.98 Å². The molecule has 2 aromatic rings. The maximum atomic E-state index is 11.2. The van der Waals surface area contributed by atoms with Gasteiger partial charge in [-0.25, -0.2) is 4.79 Å². The van der Waals surface area contributed by atoms with E-state index < -0.39 is 5.69 Å². The van der Waals surface area contributed by atoms with E-state index in [1.165, 1.54) is 6.07 Å². The van der Waals surface area contributed by atoms with Crippen molar-refractivity contribution in [3.63, 3.8) is 0 Å². The van der Waals surface area contributed by atoms with Crippen LogP contribution in [-0.2, 0) is 0 Å². The molecule has 5 nitrogen and oxygen atoms in total. The predicted molar refractivity (Wildman–Crippen MR) is 69.0 cm³/mol. The first-order valence-electron chi connectivity index (χ1n) is 5.14. The van der Waals surface area contributed by atoms with E-state index in [0.29, 0.717) is 10.8 Å². The fourth-order valence-electron chi connectivity index (χ4n) is 1.46. The standard InChI is InChI=1S/C12H9ClN4O/c1-7-9(13)3-2-4-10(7)16-11-5-8(6-14)15-12(18)17-11/h2-5H,1H3,(H2,15,16,17,18). The third-order valence-corrected chi connectivity index (χ3v) is 2.81. The Balaban J connectivity index is 2.40. The molecule has 2 N–H and O–H groups in total. The van der Waals surface area contributed by atoms with Gasteiger partial charge in [0.25, 0.3) is 0 Å². The molecule has 0 fully saturated rings. The van der Waals surface area contributed by atoms with Gasteiger partial charge in [0.05, 0.1) is 0 Å². The molecule has 18 heavy (non-hydrogen) atoms. The molecule has 2 rings (SSSR count). The second-order valence-corrected chi connectivity index (χ2v) is 4.04. The van der Waals surface area contributed by atoms with Crippen LogP contribution in [0.4, 0.5) is 11.5 Å². The number of nitriles is 1. The van der Waals surface area contributed by atoms with Crippen molar-refractivity contribution in [1.29, 1.82) is 5.26 Å². The highest BCUT2D eigenvalue weighted by Gasteiger charge is 2.05. The summed E-state index contributed by atoms with van der Waals surface area (Å²) >= 11 is 5.99. The van der Waals surface area contributed by atoms with E-state index in [4.69, 9.17) is 16.9 Å². The summed E-state index contributed by atoms with van der Waals surface area (Å²) < 4.78 is 0. The highest BCUT2D eigenvalue weighted by molar-refractivity contribution is 6.31. The van der Waals surface area contributed by atoms with Gasteiger partial charge in [-0.2, -0.15) is 10.2 Å². The molecule has 0 saturated heterocycles. The monoisotopic (exact) mass is 260 g/mol. The number of nitrogens with zero attached hydrogens (tertiary/aromatic N) is 2. The van der Waals surface area contributed by atoms with Gasteiger partial charge in [0.2, 0.25) is 0 Å². The van der Waals surface area contributed by atoms with Crippen molar-refractivity contribution in [2.24, 2.45) is 0 Å². The Hall–Kier alpha value is -2.32. The van der Waals surface area contributed by atoms with Crippen molar-refractivity contribution < 1.29 is 0 Å². The van der Waals surface area contributed by atoms with Crippen LogP contribution in [-0.4, -0.2) is 9.97 Å². The summed E-state index contributed by atoms with van der Waals surface area (Å²) in [6.45, 7) is 1.85. The van der Waals surface area contributed by atoms with Gasteiger partial charge in [0.15, 0.2) is 0 Å². The second-order valence-electron chi connectivity index (χ2n) is 3.63. The number of halogens is 1. The molecule has 0 radical (unpaired) electrons. The minimum absolute atomic E-state index is 0.150. The van der Waals surface area contributed by atoms with Crippen LogP contribution in [0.2, 0.25) is 5.02 Å².